The van der Waals surface area contributed by atoms with E-state index in [-0.39, 0.29) is 22.9 Å². The van der Waals surface area contributed by atoms with E-state index in [1.165, 1.54) is 16.4 Å². The molecule has 0 radical (unpaired) electrons. The molecule has 4 heteroatoms. The first kappa shape index (κ1) is 25.2. The van der Waals surface area contributed by atoms with E-state index >= 15 is 0 Å². The maximum absolute atomic E-state index is 12.7. The molecule has 1 amide bonds. The van der Waals surface area contributed by atoms with Crippen molar-refractivity contribution >= 4 is 24.6 Å². The van der Waals surface area contributed by atoms with Crippen LogP contribution in [0.25, 0.3) is 0 Å². The Hall–Kier alpha value is -2.43. The summed E-state index contributed by atoms with van der Waals surface area (Å²) in [4.78, 5) is 14.7. The Morgan fingerprint density at radius 2 is 1.61 bits per heavy atom. The zero-order valence-electron chi connectivity index (χ0n) is 20.7. The molecule has 176 valence electrons. The van der Waals surface area contributed by atoms with Crippen molar-refractivity contribution in [1.29, 1.82) is 0 Å². The van der Waals surface area contributed by atoms with E-state index in [0.29, 0.717) is 19.1 Å². The average molecular weight is 462 g/mol. The first-order valence-corrected chi connectivity index (χ1v) is 14.0. The van der Waals surface area contributed by atoms with Crippen molar-refractivity contribution in [2.75, 3.05) is 13.2 Å². The second kappa shape index (κ2) is 10.7. The summed E-state index contributed by atoms with van der Waals surface area (Å²) in [7, 11) is -2.58. The van der Waals surface area contributed by atoms with Gasteiger partial charge in [-0.2, -0.15) is 0 Å². The SMILES string of the molecule is C=CC(=O)N1C[C@@H](CO[Si](c2ccccc2)(c2ccccc2)C(C)(C)C)CC[C@H]1[C@H](C)C=C. The van der Waals surface area contributed by atoms with E-state index in [9.17, 15) is 4.79 Å². The van der Waals surface area contributed by atoms with E-state index < -0.39 is 8.32 Å². The summed E-state index contributed by atoms with van der Waals surface area (Å²) < 4.78 is 7.14. The summed E-state index contributed by atoms with van der Waals surface area (Å²) in [5, 5.41) is 2.52. The molecule has 33 heavy (non-hydrogen) atoms. The minimum atomic E-state index is -2.58. The van der Waals surface area contributed by atoms with E-state index in [0.717, 1.165) is 12.8 Å². The molecule has 0 bridgehead atoms. The Kier molecular flexibility index (Phi) is 8.14. The highest BCUT2D eigenvalue weighted by atomic mass is 28.4. The van der Waals surface area contributed by atoms with Gasteiger partial charge in [0.15, 0.2) is 0 Å². The van der Waals surface area contributed by atoms with Crippen LogP contribution in [-0.4, -0.2) is 38.3 Å². The van der Waals surface area contributed by atoms with Crippen LogP contribution in [0.1, 0.15) is 40.5 Å². The van der Waals surface area contributed by atoms with Gasteiger partial charge in [-0.1, -0.05) is 101 Å². The van der Waals surface area contributed by atoms with Crippen molar-refractivity contribution in [2.24, 2.45) is 11.8 Å². The van der Waals surface area contributed by atoms with Gasteiger partial charge in [0, 0.05) is 19.2 Å². The molecule has 0 aliphatic carbocycles. The third kappa shape index (κ3) is 5.23. The van der Waals surface area contributed by atoms with Crippen molar-refractivity contribution in [3.63, 3.8) is 0 Å². The lowest BCUT2D eigenvalue weighted by atomic mass is 9.86. The second-order valence-corrected chi connectivity index (χ2v) is 14.6. The Balaban J connectivity index is 1.93. The average Bonchev–Trinajstić information content (AvgIpc) is 2.83. The molecule has 0 N–H and O–H groups in total. The van der Waals surface area contributed by atoms with Crippen molar-refractivity contribution in [3.05, 3.63) is 86.0 Å². The summed E-state index contributed by atoms with van der Waals surface area (Å²) in [6.45, 7) is 18.1. The van der Waals surface area contributed by atoms with Gasteiger partial charge in [-0.05, 0) is 46.2 Å². The smallest absolute Gasteiger partial charge is 0.261 e. The fraction of sp³-hybridized carbons (Fsp3) is 0.414. The zero-order chi connectivity index (χ0) is 24.1. The highest BCUT2D eigenvalue weighted by Gasteiger charge is 2.50. The van der Waals surface area contributed by atoms with Crippen LogP contribution < -0.4 is 10.4 Å². The molecule has 1 aliphatic heterocycles. The number of rotatable bonds is 8. The fourth-order valence-electron chi connectivity index (χ4n) is 5.28. The number of amides is 1. The van der Waals surface area contributed by atoms with Gasteiger partial charge in [0.25, 0.3) is 8.32 Å². The predicted molar refractivity (Wildman–Crippen MR) is 141 cm³/mol. The van der Waals surface area contributed by atoms with Crippen LogP contribution >= 0.6 is 0 Å². The molecule has 0 spiro atoms. The standard InChI is InChI=1S/C29H39NO2Si/c1-7-23(3)27-20-19-24(21-30(27)28(31)8-2)22-32-33(29(4,5)6,25-15-11-9-12-16-25)26-17-13-10-14-18-26/h7-18,23-24,27H,1-2,19-22H2,3-6H3/t23-,24+,27+/m1/s1. The zero-order valence-corrected chi connectivity index (χ0v) is 21.7. The maximum Gasteiger partial charge on any atom is 0.261 e. The number of carbonyl (C=O) groups is 1. The van der Waals surface area contributed by atoms with Gasteiger partial charge in [-0.25, -0.2) is 0 Å². The molecule has 3 rings (SSSR count). The van der Waals surface area contributed by atoms with Gasteiger partial charge in [-0.15, -0.1) is 6.58 Å². The molecule has 0 unspecified atom stereocenters. The van der Waals surface area contributed by atoms with Gasteiger partial charge in [0.1, 0.15) is 0 Å². The highest BCUT2D eigenvalue weighted by molar-refractivity contribution is 6.99. The van der Waals surface area contributed by atoms with Crippen molar-refractivity contribution in [2.45, 2.75) is 51.6 Å². The van der Waals surface area contributed by atoms with Crippen LogP contribution in [0.15, 0.2) is 86.0 Å². The number of carbonyl (C=O) groups excluding carboxylic acids is 1. The van der Waals surface area contributed by atoms with Gasteiger partial charge in [-0.3, -0.25) is 4.79 Å². The number of hydrogen-bond donors (Lipinski definition) is 0. The summed E-state index contributed by atoms with van der Waals surface area (Å²) in [6, 6.07) is 21.7. The molecular weight excluding hydrogens is 422 g/mol. The normalized spacial score (nSPS) is 20.2. The molecule has 1 saturated heterocycles. The van der Waals surface area contributed by atoms with E-state index in [1.807, 2.05) is 11.0 Å². The molecular formula is C29H39NO2Si. The number of likely N-dealkylation sites (tertiary alicyclic amines) is 1. The number of benzene rings is 2. The van der Waals surface area contributed by atoms with Gasteiger partial charge < -0.3 is 9.33 Å². The van der Waals surface area contributed by atoms with Gasteiger partial charge in [0.2, 0.25) is 5.91 Å². The van der Waals surface area contributed by atoms with E-state index in [4.69, 9.17) is 4.43 Å². The minimum absolute atomic E-state index is 0.00356. The second-order valence-electron chi connectivity index (χ2n) is 10.3. The topological polar surface area (TPSA) is 29.5 Å². The third-order valence-corrected chi connectivity index (χ3v) is 12.1. The molecule has 3 nitrogen and oxygen atoms in total. The summed E-state index contributed by atoms with van der Waals surface area (Å²) in [6.07, 6.45) is 5.39. The number of hydrogen-bond acceptors (Lipinski definition) is 2. The first-order chi connectivity index (χ1) is 15.7. The van der Waals surface area contributed by atoms with Crippen LogP contribution in [0.3, 0.4) is 0 Å². The highest BCUT2D eigenvalue weighted by Crippen LogP contribution is 2.38. The molecule has 3 atom stereocenters. The Labute approximate surface area is 201 Å². The molecule has 2 aromatic carbocycles. The molecule has 1 heterocycles. The molecule has 0 saturated carbocycles. The van der Waals surface area contributed by atoms with Gasteiger partial charge in [0.05, 0.1) is 0 Å². The Morgan fingerprint density at radius 1 is 1.06 bits per heavy atom. The number of nitrogens with zero attached hydrogens (tertiary/aromatic N) is 1. The first-order valence-electron chi connectivity index (χ1n) is 12.0. The van der Waals surface area contributed by atoms with Crippen LogP contribution in [-0.2, 0) is 9.22 Å². The third-order valence-electron chi connectivity index (χ3n) is 7.11. The van der Waals surface area contributed by atoms with Crippen molar-refractivity contribution in [1.82, 2.24) is 4.90 Å². The van der Waals surface area contributed by atoms with Crippen molar-refractivity contribution < 1.29 is 9.22 Å². The summed E-state index contributed by atoms with van der Waals surface area (Å²) >= 11 is 0. The Morgan fingerprint density at radius 3 is 2.06 bits per heavy atom. The van der Waals surface area contributed by atoms with E-state index in [2.05, 4.69) is 102 Å². The van der Waals surface area contributed by atoms with Gasteiger partial charge >= 0.3 is 0 Å². The maximum atomic E-state index is 12.7. The minimum Gasteiger partial charge on any atom is -0.407 e. The fourth-order valence-corrected chi connectivity index (χ4v) is 9.92. The molecule has 1 fully saturated rings. The number of piperidine rings is 1. The Bertz CT molecular complexity index is 896. The quantitative estimate of drug-likeness (QED) is 0.308. The molecule has 2 aromatic rings. The predicted octanol–water partition coefficient (Wildman–Crippen LogP) is 5.18. The molecule has 0 aromatic heterocycles. The van der Waals surface area contributed by atoms with Crippen LogP contribution in [0, 0.1) is 11.8 Å². The summed E-state index contributed by atoms with van der Waals surface area (Å²) in [5.41, 5.74) is 0. The van der Waals surface area contributed by atoms with Crippen LogP contribution in [0.4, 0.5) is 0 Å². The lowest BCUT2D eigenvalue weighted by Crippen LogP contribution is -2.67. The van der Waals surface area contributed by atoms with E-state index in [1.54, 1.807) is 0 Å². The molecule has 1 aliphatic rings. The van der Waals surface area contributed by atoms with Crippen LogP contribution in [0.5, 0.6) is 0 Å². The van der Waals surface area contributed by atoms with Crippen LogP contribution in [0.2, 0.25) is 5.04 Å². The summed E-state index contributed by atoms with van der Waals surface area (Å²) in [5.74, 6) is 0.556. The monoisotopic (exact) mass is 461 g/mol. The lowest BCUT2D eigenvalue weighted by molar-refractivity contribution is -0.132. The lowest BCUT2D eigenvalue weighted by Gasteiger charge is -2.46. The van der Waals surface area contributed by atoms with Crippen molar-refractivity contribution in [3.8, 4) is 0 Å². The largest absolute Gasteiger partial charge is 0.407 e.